The van der Waals surface area contributed by atoms with E-state index in [1.165, 1.54) is 32.9 Å². The van der Waals surface area contributed by atoms with Crippen molar-refractivity contribution < 1.29 is 0 Å². The number of H-pyrrole nitrogens is 1. The van der Waals surface area contributed by atoms with Gasteiger partial charge in [0.1, 0.15) is 0 Å². The number of nitrogens with zero attached hydrogens (tertiary/aromatic N) is 1. The van der Waals surface area contributed by atoms with Crippen LogP contribution in [-0.4, -0.2) is 9.97 Å². The Morgan fingerprint density at radius 3 is 2.60 bits per heavy atom. The molecule has 0 aliphatic rings. The molecule has 2 aromatic heterocycles. The smallest absolute Gasteiger partial charge is 0.0525 e. The summed E-state index contributed by atoms with van der Waals surface area (Å²) in [5, 5.41) is 2.48. The normalized spacial score (nSPS) is 11.3. The molecule has 15 heavy (non-hydrogen) atoms. The Bertz CT molecular complexity index is 594. The van der Waals surface area contributed by atoms with Crippen molar-refractivity contribution in [3.63, 3.8) is 0 Å². The summed E-state index contributed by atoms with van der Waals surface area (Å²) in [4.78, 5) is 7.72. The van der Waals surface area contributed by atoms with E-state index in [2.05, 4.69) is 42.0 Å². The standard InChI is InChI=1S/C13H12N2/c1-8-4-3-5-10-11-7-14-6-9(2)13(11)15-12(8)10/h3-7,15H,1-2H3. The third-order valence-electron chi connectivity index (χ3n) is 2.95. The Kier molecular flexibility index (Phi) is 1.60. The number of fused-ring (bicyclic) bond motifs is 3. The zero-order valence-corrected chi connectivity index (χ0v) is 8.83. The SMILES string of the molecule is Cc1cccc2c1[nH]c1c(C)cncc12. The Balaban J connectivity index is 2.63. The number of aromatic nitrogens is 2. The maximum Gasteiger partial charge on any atom is 0.0525 e. The van der Waals surface area contributed by atoms with Crippen LogP contribution in [0.15, 0.2) is 30.6 Å². The Morgan fingerprint density at radius 1 is 0.933 bits per heavy atom. The van der Waals surface area contributed by atoms with Crippen LogP contribution in [0, 0.1) is 13.8 Å². The highest BCUT2D eigenvalue weighted by Gasteiger charge is 2.06. The number of aromatic amines is 1. The van der Waals surface area contributed by atoms with Gasteiger partial charge in [-0.3, -0.25) is 4.98 Å². The van der Waals surface area contributed by atoms with Gasteiger partial charge in [-0.15, -0.1) is 0 Å². The number of hydrogen-bond donors (Lipinski definition) is 1. The van der Waals surface area contributed by atoms with E-state index in [9.17, 15) is 0 Å². The molecule has 0 fully saturated rings. The first kappa shape index (κ1) is 8.48. The molecule has 2 heterocycles. The quantitative estimate of drug-likeness (QED) is 0.587. The van der Waals surface area contributed by atoms with Crippen LogP contribution in [0.4, 0.5) is 0 Å². The summed E-state index contributed by atoms with van der Waals surface area (Å²) < 4.78 is 0. The van der Waals surface area contributed by atoms with Crippen LogP contribution in [0.1, 0.15) is 11.1 Å². The van der Waals surface area contributed by atoms with Gasteiger partial charge in [0, 0.05) is 28.7 Å². The average Bonchev–Trinajstić information content (AvgIpc) is 2.60. The minimum absolute atomic E-state index is 1.20. The van der Waals surface area contributed by atoms with Crippen LogP contribution >= 0.6 is 0 Å². The van der Waals surface area contributed by atoms with E-state index in [-0.39, 0.29) is 0 Å². The molecule has 1 aromatic carbocycles. The molecule has 3 rings (SSSR count). The van der Waals surface area contributed by atoms with Gasteiger partial charge in [-0.25, -0.2) is 0 Å². The molecule has 0 radical (unpaired) electrons. The minimum atomic E-state index is 1.20. The third-order valence-corrected chi connectivity index (χ3v) is 2.95. The topological polar surface area (TPSA) is 28.7 Å². The van der Waals surface area contributed by atoms with Gasteiger partial charge in [0.2, 0.25) is 0 Å². The van der Waals surface area contributed by atoms with Crippen LogP contribution in [0.2, 0.25) is 0 Å². The summed E-state index contributed by atoms with van der Waals surface area (Å²) in [6, 6.07) is 6.36. The van der Waals surface area contributed by atoms with Crippen molar-refractivity contribution in [2.75, 3.05) is 0 Å². The molecule has 3 aromatic rings. The van der Waals surface area contributed by atoms with E-state index in [0.29, 0.717) is 0 Å². The summed E-state index contributed by atoms with van der Waals surface area (Å²) in [5.74, 6) is 0. The number of para-hydroxylation sites is 1. The van der Waals surface area contributed by atoms with Crippen molar-refractivity contribution in [2.45, 2.75) is 13.8 Å². The van der Waals surface area contributed by atoms with Crippen LogP contribution in [-0.2, 0) is 0 Å². The molecule has 0 saturated carbocycles. The molecule has 2 nitrogen and oxygen atoms in total. The zero-order valence-electron chi connectivity index (χ0n) is 8.83. The van der Waals surface area contributed by atoms with E-state index in [0.717, 1.165) is 0 Å². The molecular formula is C13H12N2. The number of nitrogens with one attached hydrogen (secondary N) is 1. The molecule has 0 bridgehead atoms. The molecule has 74 valence electrons. The van der Waals surface area contributed by atoms with Crippen LogP contribution in [0.5, 0.6) is 0 Å². The van der Waals surface area contributed by atoms with Crippen molar-refractivity contribution in [1.29, 1.82) is 0 Å². The fourth-order valence-corrected chi connectivity index (χ4v) is 2.12. The van der Waals surface area contributed by atoms with Gasteiger partial charge in [0.25, 0.3) is 0 Å². The highest BCUT2D eigenvalue weighted by molar-refractivity contribution is 6.08. The summed E-state index contributed by atoms with van der Waals surface area (Å²) in [6.45, 7) is 4.21. The largest absolute Gasteiger partial charge is 0.354 e. The van der Waals surface area contributed by atoms with E-state index >= 15 is 0 Å². The second-order valence-corrected chi connectivity index (χ2v) is 4.00. The van der Waals surface area contributed by atoms with E-state index in [4.69, 9.17) is 0 Å². The Labute approximate surface area is 88.0 Å². The summed E-state index contributed by atoms with van der Waals surface area (Å²) in [5.41, 5.74) is 4.91. The van der Waals surface area contributed by atoms with E-state index in [1.807, 2.05) is 12.4 Å². The molecule has 0 saturated heterocycles. The number of pyridine rings is 1. The van der Waals surface area contributed by atoms with E-state index in [1.54, 1.807) is 0 Å². The maximum atomic E-state index is 4.24. The maximum absolute atomic E-state index is 4.24. The number of hydrogen-bond acceptors (Lipinski definition) is 1. The van der Waals surface area contributed by atoms with Crippen LogP contribution in [0.3, 0.4) is 0 Å². The zero-order chi connectivity index (χ0) is 10.4. The van der Waals surface area contributed by atoms with Crippen molar-refractivity contribution in [2.24, 2.45) is 0 Å². The highest BCUT2D eigenvalue weighted by atomic mass is 14.7. The molecule has 0 atom stereocenters. The van der Waals surface area contributed by atoms with Gasteiger partial charge < -0.3 is 4.98 Å². The lowest BCUT2D eigenvalue weighted by atomic mass is 10.1. The predicted molar refractivity (Wildman–Crippen MR) is 63.1 cm³/mol. The first-order chi connectivity index (χ1) is 7.27. The van der Waals surface area contributed by atoms with E-state index < -0.39 is 0 Å². The van der Waals surface area contributed by atoms with Gasteiger partial charge in [-0.1, -0.05) is 18.2 Å². The van der Waals surface area contributed by atoms with Gasteiger partial charge in [0.15, 0.2) is 0 Å². The van der Waals surface area contributed by atoms with Crippen molar-refractivity contribution in [3.8, 4) is 0 Å². The number of benzene rings is 1. The monoisotopic (exact) mass is 196 g/mol. The third kappa shape index (κ3) is 1.08. The predicted octanol–water partition coefficient (Wildman–Crippen LogP) is 3.33. The lowest BCUT2D eigenvalue weighted by Crippen LogP contribution is -1.77. The highest BCUT2D eigenvalue weighted by Crippen LogP contribution is 2.27. The van der Waals surface area contributed by atoms with Crippen molar-refractivity contribution in [3.05, 3.63) is 41.7 Å². The average molecular weight is 196 g/mol. The molecule has 0 aliphatic heterocycles. The van der Waals surface area contributed by atoms with Gasteiger partial charge in [0.05, 0.1) is 5.52 Å². The molecule has 0 spiro atoms. The molecule has 0 unspecified atom stereocenters. The lowest BCUT2D eigenvalue weighted by Gasteiger charge is -1.93. The number of aryl methyl sites for hydroxylation is 2. The van der Waals surface area contributed by atoms with Gasteiger partial charge in [-0.05, 0) is 25.0 Å². The molecule has 1 N–H and O–H groups in total. The summed E-state index contributed by atoms with van der Waals surface area (Å²) in [6.07, 6.45) is 3.83. The fraction of sp³-hybridized carbons (Fsp3) is 0.154. The minimum Gasteiger partial charge on any atom is -0.354 e. The second kappa shape index (κ2) is 2.83. The lowest BCUT2D eigenvalue weighted by molar-refractivity contribution is 1.30. The van der Waals surface area contributed by atoms with Crippen molar-refractivity contribution in [1.82, 2.24) is 9.97 Å². The first-order valence-electron chi connectivity index (χ1n) is 5.09. The second-order valence-electron chi connectivity index (χ2n) is 4.00. The first-order valence-corrected chi connectivity index (χ1v) is 5.09. The molecule has 0 amide bonds. The Morgan fingerprint density at radius 2 is 1.73 bits per heavy atom. The van der Waals surface area contributed by atoms with Gasteiger partial charge >= 0.3 is 0 Å². The number of rotatable bonds is 0. The summed E-state index contributed by atoms with van der Waals surface area (Å²) >= 11 is 0. The van der Waals surface area contributed by atoms with Crippen LogP contribution in [0.25, 0.3) is 21.8 Å². The summed E-state index contributed by atoms with van der Waals surface area (Å²) in [7, 11) is 0. The van der Waals surface area contributed by atoms with Crippen molar-refractivity contribution >= 4 is 21.8 Å². The molecule has 2 heteroatoms. The molecule has 0 aliphatic carbocycles. The fourth-order valence-electron chi connectivity index (χ4n) is 2.12. The van der Waals surface area contributed by atoms with Crippen LogP contribution < -0.4 is 0 Å². The van der Waals surface area contributed by atoms with Gasteiger partial charge in [-0.2, -0.15) is 0 Å². The Hall–Kier alpha value is -1.83. The molecular weight excluding hydrogens is 184 g/mol.